The smallest absolute Gasteiger partial charge is 0.0124 e. The van der Waals surface area contributed by atoms with E-state index in [-0.39, 0.29) is 10.8 Å². The van der Waals surface area contributed by atoms with Gasteiger partial charge < -0.3 is 4.58 Å². The van der Waals surface area contributed by atoms with E-state index in [2.05, 4.69) is 65.0 Å². The minimum absolute atomic E-state index is 0.172. The lowest BCUT2D eigenvalue weighted by molar-refractivity contribution is -0.495. The Hall–Kier alpha value is -0.850. The van der Waals surface area contributed by atoms with Crippen molar-refractivity contribution < 1.29 is 4.58 Å². The molecule has 14 heavy (non-hydrogen) atoms. The number of nitrogens with zero attached hydrogens (tertiary/aromatic N) is 1. The van der Waals surface area contributed by atoms with Crippen molar-refractivity contribution in [1.82, 2.24) is 0 Å². The summed E-state index contributed by atoms with van der Waals surface area (Å²) in [5.74, 6) is 0. The first-order valence-corrected chi connectivity index (χ1v) is 5.17. The lowest BCUT2D eigenvalue weighted by Gasteiger charge is -2.41. The monoisotopic (exact) mass is 192 g/mol. The van der Waals surface area contributed by atoms with E-state index in [1.54, 1.807) is 0 Å². The van der Waals surface area contributed by atoms with E-state index in [1.165, 1.54) is 12.1 Å². The topological polar surface area (TPSA) is 3.01 Å². The van der Waals surface area contributed by atoms with Crippen molar-refractivity contribution in [2.24, 2.45) is 10.8 Å². The minimum atomic E-state index is 0.172. The van der Waals surface area contributed by atoms with Gasteiger partial charge in [0.2, 0.25) is 0 Å². The molecule has 1 heterocycles. The third-order valence-corrected chi connectivity index (χ3v) is 2.52. The Morgan fingerprint density at radius 1 is 0.857 bits per heavy atom. The van der Waals surface area contributed by atoms with E-state index in [4.69, 9.17) is 0 Å². The fourth-order valence-electron chi connectivity index (χ4n) is 1.78. The second-order valence-electron chi connectivity index (χ2n) is 6.03. The van der Waals surface area contributed by atoms with Gasteiger partial charge in [-0.1, -0.05) is 41.5 Å². The average Bonchev–Trinajstić information content (AvgIpc) is 2.26. The first-order chi connectivity index (χ1) is 6.14. The predicted octanol–water partition coefficient (Wildman–Crippen LogP) is 3.43. The van der Waals surface area contributed by atoms with Crippen molar-refractivity contribution in [3.8, 4) is 0 Å². The highest BCUT2D eigenvalue weighted by molar-refractivity contribution is 5.31. The van der Waals surface area contributed by atoms with Crippen LogP contribution < -0.4 is 0 Å². The summed E-state index contributed by atoms with van der Waals surface area (Å²) in [6.45, 7) is 17.4. The van der Waals surface area contributed by atoms with E-state index in [9.17, 15) is 0 Å². The molecular formula is C13H22N-. The molecule has 0 bridgehead atoms. The van der Waals surface area contributed by atoms with Gasteiger partial charge in [0.05, 0.1) is 0 Å². The number of hydrogen-bond donors (Lipinski definition) is 0. The molecule has 0 saturated heterocycles. The van der Waals surface area contributed by atoms with E-state index in [1.807, 2.05) is 0 Å². The Morgan fingerprint density at radius 3 is 1.29 bits per heavy atom. The third-order valence-electron chi connectivity index (χ3n) is 2.52. The highest BCUT2D eigenvalue weighted by Crippen LogP contribution is 2.42. The van der Waals surface area contributed by atoms with Gasteiger partial charge in [-0.15, -0.1) is 0 Å². The van der Waals surface area contributed by atoms with Gasteiger partial charge in [-0.3, -0.25) is 0 Å². The van der Waals surface area contributed by atoms with Gasteiger partial charge in [0.25, 0.3) is 0 Å². The molecule has 0 atom stereocenters. The summed E-state index contributed by atoms with van der Waals surface area (Å²) in [6.07, 6.45) is 4.38. The molecule has 80 valence electrons. The van der Waals surface area contributed by atoms with Gasteiger partial charge in [-0.2, -0.15) is 6.08 Å². The molecule has 0 aromatic rings. The van der Waals surface area contributed by atoms with Crippen LogP contribution in [0.5, 0.6) is 0 Å². The van der Waals surface area contributed by atoms with E-state index >= 15 is 0 Å². The maximum Gasteiger partial charge on any atom is 0.0124 e. The average molecular weight is 192 g/mol. The van der Waals surface area contributed by atoms with Crippen molar-refractivity contribution in [2.45, 2.75) is 41.5 Å². The summed E-state index contributed by atoms with van der Waals surface area (Å²) in [5, 5.41) is 0. The maximum absolute atomic E-state index is 4.13. The summed E-state index contributed by atoms with van der Waals surface area (Å²) in [6, 6.07) is 2.59. The molecule has 0 aromatic heterocycles. The zero-order valence-corrected chi connectivity index (χ0v) is 10.3. The molecule has 0 unspecified atom stereocenters. The summed E-state index contributed by atoms with van der Waals surface area (Å²) >= 11 is 0. The normalized spacial score (nSPS) is 18.3. The van der Waals surface area contributed by atoms with Gasteiger partial charge in [-0.25, -0.2) is 6.08 Å². The van der Waals surface area contributed by atoms with Crippen LogP contribution in [0.15, 0.2) is 12.2 Å². The SMILES string of the molecule is C=[N+]1[C-](C(C)(C)C)C=C[C-]1C(C)(C)C. The van der Waals surface area contributed by atoms with E-state index < -0.39 is 0 Å². The zero-order valence-electron chi connectivity index (χ0n) is 10.3. The molecule has 0 amide bonds. The molecule has 1 heteroatoms. The number of hydrogen-bond acceptors (Lipinski definition) is 0. The summed E-state index contributed by atoms with van der Waals surface area (Å²) in [5.41, 5.74) is 0.344. The molecule has 0 saturated carbocycles. The molecule has 1 nitrogen and oxygen atoms in total. The molecule has 1 rings (SSSR count). The second-order valence-corrected chi connectivity index (χ2v) is 6.03. The fraction of sp³-hybridized carbons (Fsp3) is 0.615. The molecule has 0 aromatic carbocycles. The maximum atomic E-state index is 4.13. The molecule has 0 fully saturated rings. The molecule has 0 radical (unpaired) electrons. The highest BCUT2D eigenvalue weighted by atomic mass is 15.1. The quantitative estimate of drug-likeness (QED) is 0.408. The fourth-order valence-corrected chi connectivity index (χ4v) is 1.78. The largest absolute Gasteiger partial charge is 0.429 e. The molecule has 1 aliphatic rings. The lowest BCUT2D eigenvalue weighted by atomic mass is 9.85. The lowest BCUT2D eigenvalue weighted by Crippen LogP contribution is -2.31. The van der Waals surface area contributed by atoms with E-state index in [0.717, 1.165) is 0 Å². The summed E-state index contributed by atoms with van der Waals surface area (Å²) < 4.78 is 2.08. The molecule has 0 spiro atoms. The highest BCUT2D eigenvalue weighted by Gasteiger charge is 2.30. The Balaban J connectivity index is 2.87. The van der Waals surface area contributed by atoms with Crippen molar-refractivity contribution >= 4 is 6.72 Å². The van der Waals surface area contributed by atoms with Crippen molar-refractivity contribution in [1.29, 1.82) is 0 Å². The zero-order chi connectivity index (χ0) is 11.1. The first kappa shape index (κ1) is 11.2. The van der Waals surface area contributed by atoms with Gasteiger partial charge >= 0.3 is 0 Å². The first-order valence-electron chi connectivity index (χ1n) is 5.17. The Bertz CT molecular complexity index is 234. The van der Waals surface area contributed by atoms with Crippen LogP contribution in [0.2, 0.25) is 0 Å². The Kier molecular flexibility index (Phi) is 2.47. The van der Waals surface area contributed by atoms with Crippen LogP contribution in [-0.2, 0) is 0 Å². The molecule has 0 N–H and O–H groups in total. The molecular weight excluding hydrogens is 170 g/mol. The van der Waals surface area contributed by atoms with Crippen LogP contribution in [0.4, 0.5) is 0 Å². The molecule has 1 aliphatic heterocycles. The third kappa shape index (κ3) is 1.97. The molecule has 0 aliphatic carbocycles. The van der Waals surface area contributed by atoms with Crippen LogP contribution in [0.3, 0.4) is 0 Å². The summed E-state index contributed by atoms with van der Waals surface area (Å²) in [4.78, 5) is 0. The van der Waals surface area contributed by atoms with Crippen molar-refractivity contribution in [3.05, 3.63) is 24.2 Å². The van der Waals surface area contributed by atoms with Crippen LogP contribution >= 0.6 is 0 Å². The van der Waals surface area contributed by atoms with Gasteiger partial charge in [-0.05, 0) is 23.6 Å². The predicted molar refractivity (Wildman–Crippen MR) is 61.9 cm³/mol. The number of rotatable bonds is 0. The van der Waals surface area contributed by atoms with Gasteiger partial charge in [0.15, 0.2) is 0 Å². The van der Waals surface area contributed by atoms with Gasteiger partial charge in [0.1, 0.15) is 0 Å². The van der Waals surface area contributed by atoms with Crippen LogP contribution in [0.1, 0.15) is 41.5 Å². The van der Waals surface area contributed by atoms with Crippen LogP contribution in [-0.4, -0.2) is 11.3 Å². The van der Waals surface area contributed by atoms with Crippen LogP contribution in [0.25, 0.3) is 0 Å². The van der Waals surface area contributed by atoms with Crippen LogP contribution in [0, 0.1) is 22.9 Å². The minimum Gasteiger partial charge on any atom is -0.429 e. The van der Waals surface area contributed by atoms with Crippen molar-refractivity contribution in [3.63, 3.8) is 0 Å². The standard InChI is InChI=1S/C13H22N/c1-12(2,3)10-8-9-11(14(10)7)13(4,5)6/h8-9H,7H2,1-6H3/q-1. The Morgan fingerprint density at radius 2 is 1.14 bits per heavy atom. The van der Waals surface area contributed by atoms with E-state index in [0.29, 0.717) is 0 Å². The van der Waals surface area contributed by atoms with Crippen molar-refractivity contribution in [2.75, 3.05) is 0 Å². The summed E-state index contributed by atoms with van der Waals surface area (Å²) in [7, 11) is 0. The second kappa shape index (κ2) is 3.08. The Labute approximate surface area is 88.5 Å². The van der Waals surface area contributed by atoms with Gasteiger partial charge in [0, 0.05) is 6.04 Å².